The Morgan fingerprint density at radius 2 is 1.83 bits per heavy atom. The minimum atomic E-state index is -1.09. The third-order valence-corrected chi connectivity index (χ3v) is 4.65. The predicted octanol–water partition coefficient (Wildman–Crippen LogP) is 0.869. The van der Waals surface area contributed by atoms with Gasteiger partial charge < -0.3 is 11.1 Å². The first-order valence-corrected chi connectivity index (χ1v) is 9.66. The first-order valence-electron chi connectivity index (χ1n) is 9.66. The number of carbonyl (C=O) groups excluding carboxylic acids is 2. The van der Waals surface area contributed by atoms with Crippen LogP contribution in [0.25, 0.3) is 0 Å². The van der Waals surface area contributed by atoms with E-state index in [1.165, 1.54) is 24.7 Å². The molecule has 0 unspecified atom stereocenters. The number of amides is 2. The largest absolute Gasteiger partial charge is 0.338 e. The summed E-state index contributed by atoms with van der Waals surface area (Å²) >= 11 is 0. The molecule has 0 saturated carbocycles. The number of nitrogens with two attached hydrogens (primary N) is 1. The van der Waals surface area contributed by atoms with E-state index in [2.05, 4.69) is 33.9 Å². The average Bonchev–Trinajstić information content (AvgIpc) is 2.71. The Bertz CT molecular complexity index is 829. The smallest absolute Gasteiger partial charge is 0.267 e. The van der Waals surface area contributed by atoms with Gasteiger partial charge in [0.25, 0.3) is 11.8 Å². The van der Waals surface area contributed by atoms with Gasteiger partial charge in [-0.2, -0.15) is 0 Å². The van der Waals surface area contributed by atoms with E-state index < -0.39 is 23.4 Å². The number of hydrogen-bond donors (Lipinski definition) is 4. The van der Waals surface area contributed by atoms with Crippen molar-refractivity contribution in [2.45, 2.75) is 44.7 Å². The number of hydroxylamine groups is 1. The Hall–Kier alpha value is -2.84. The number of nitrogens with zero attached hydrogens (tertiary/aromatic N) is 1. The fourth-order valence-electron chi connectivity index (χ4n) is 2.99. The van der Waals surface area contributed by atoms with Crippen LogP contribution in [-0.4, -0.2) is 53.1 Å². The van der Waals surface area contributed by atoms with Gasteiger partial charge in [-0.25, -0.2) is 5.48 Å². The van der Waals surface area contributed by atoms with Crippen LogP contribution in [0.5, 0.6) is 0 Å². The summed E-state index contributed by atoms with van der Waals surface area (Å²) in [4.78, 5) is 26.5. The van der Waals surface area contributed by atoms with Crippen LogP contribution >= 0.6 is 0 Å². The summed E-state index contributed by atoms with van der Waals surface area (Å²) in [5.41, 5.74) is 7.47. The van der Waals surface area contributed by atoms with Gasteiger partial charge in [0.05, 0.1) is 6.54 Å². The van der Waals surface area contributed by atoms with E-state index in [1.54, 1.807) is 38.1 Å². The zero-order valence-electron chi connectivity index (χ0n) is 16.9. The Kier molecular flexibility index (Phi) is 8.23. The SMILES string of the molecule is CC(C)(N)[C@H](NC(=O)c1ccc(C#CC#CCN2CCCCC2)cc1)C(=O)NO. The second-order valence-electron chi connectivity index (χ2n) is 7.67. The number of benzene rings is 1. The molecular formula is C22H28N4O3. The van der Waals surface area contributed by atoms with Crippen LogP contribution in [0, 0.1) is 23.7 Å². The van der Waals surface area contributed by atoms with Gasteiger partial charge in [0.2, 0.25) is 0 Å². The van der Waals surface area contributed by atoms with Crippen molar-refractivity contribution < 1.29 is 14.8 Å². The molecule has 1 aromatic rings. The van der Waals surface area contributed by atoms with E-state index in [9.17, 15) is 9.59 Å². The molecule has 154 valence electrons. The van der Waals surface area contributed by atoms with E-state index >= 15 is 0 Å². The number of piperidine rings is 1. The number of hydrogen-bond acceptors (Lipinski definition) is 5. The lowest BCUT2D eigenvalue weighted by molar-refractivity contribution is -0.132. The van der Waals surface area contributed by atoms with Crippen molar-refractivity contribution in [3.63, 3.8) is 0 Å². The minimum absolute atomic E-state index is 0.353. The van der Waals surface area contributed by atoms with E-state index in [0.717, 1.165) is 25.2 Å². The molecular weight excluding hydrogens is 368 g/mol. The molecule has 1 atom stereocenters. The number of rotatable bonds is 5. The molecule has 5 N–H and O–H groups in total. The van der Waals surface area contributed by atoms with Crippen molar-refractivity contribution in [3.05, 3.63) is 35.4 Å². The highest BCUT2D eigenvalue weighted by atomic mass is 16.5. The Labute approximate surface area is 172 Å². The van der Waals surface area contributed by atoms with E-state index in [0.29, 0.717) is 5.56 Å². The topological polar surface area (TPSA) is 108 Å². The molecule has 7 heteroatoms. The normalized spacial score (nSPS) is 15.2. The monoisotopic (exact) mass is 396 g/mol. The number of carbonyl (C=O) groups is 2. The van der Waals surface area contributed by atoms with Crippen molar-refractivity contribution in [1.82, 2.24) is 15.7 Å². The molecule has 0 spiro atoms. The van der Waals surface area contributed by atoms with Crippen LogP contribution in [0.2, 0.25) is 0 Å². The summed E-state index contributed by atoms with van der Waals surface area (Å²) in [6, 6.07) is 5.55. The molecule has 1 heterocycles. The number of likely N-dealkylation sites (tertiary alicyclic amines) is 1. The maximum atomic E-state index is 12.4. The molecule has 0 aromatic heterocycles. The Morgan fingerprint density at radius 3 is 2.41 bits per heavy atom. The van der Waals surface area contributed by atoms with Gasteiger partial charge in [-0.15, -0.1) is 0 Å². The summed E-state index contributed by atoms with van der Waals surface area (Å²) in [6.07, 6.45) is 3.78. The van der Waals surface area contributed by atoms with Crippen LogP contribution in [0.15, 0.2) is 24.3 Å². The van der Waals surface area contributed by atoms with Crippen LogP contribution in [0.4, 0.5) is 0 Å². The fourth-order valence-corrected chi connectivity index (χ4v) is 2.99. The number of nitrogens with one attached hydrogen (secondary N) is 2. The van der Waals surface area contributed by atoms with Crippen molar-refractivity contribution >= 4 is 11.8 Å². The Balaban J connectivity index is 1.94. The van der Waals surface area contributed by atoms with Gasteiger partial charge in [-0.3, -0.25) is 19.7 Å². The van der Waals surface area contributed by atoms with Crippen LogP contribution < -0.4 is 16.5 Å². The molecule has 1 saturated heterocycles. The molecule has 0 aliphatic carbocycles. The second kappa shape index (κ2) is 10.6. The standard InChI is InChI=1S/C22H28N4O3/c1-22(2,23)19(21(28)25-29)24-20(27)18-12-10-17(11-13-18)9-5-3-6-14-26-15-7-4-8-16-26/h10-13,19,29H,4,7-8,14-16,23H2,1-2H3,(H,24,27)(H,25,28)/t19-/m1/s1. The zero-order chi connectivity index (χ0) is 21.3. The molecule has 2 amide bonds. The molecule has 0 radical (unpaired) electrons. The molecule has 2 rings (SSSR count). The lowest BCUT2D eigenvalue weighted by Crippen LogP contribution is -2.61. The van der Waals surface area contributed by atoms with Crippen LogP contribution in [-0.2, 0) is 4.79 Å². The predicted molar refractivity (Wildman–Crippen MR) is 111 cm³/mol. The molecule has 0 bridgehead atoms. The zero-order valence-corrected chi connectivity index (χ0v) is 16.9. The summed E-state index contributed by atoms with van der Waals surface area (Å²) in [7, 11) is 0. The Morgan fingerprint density at radius 1 is 1.17 bits per heavy atom. The van der Waals surface area contributed by atoms with Gasteiger partial charge in [-0.05, 0) is 75.9 Å². The highest BCUT2D eigenvalue weighted by Crippen LogP contribution is 2.09. The van der Waals surface area contributed by atoms with Gasteiger partial charge >= 0.3 is 0 Å². The summed E-state index contributed by atoms with van der Waals surface area (Å²) in [6.45, 7) is 6.12. The quantitative estimate of drug-likeness (QED) is 0.336. The molecule has 1 aliphatic heterocycles. The van der Waals surface area contributed by atoms with Gasteiger partial charge in [-0.1, -0.05) is 18.3 Å². The van der Waals surface area contributed by atoms with Crippen molar-refractivity contribution in [2.75, 3.05) is 19.6 Å². The maximum absolute atomic E-state index is 12.4. The lowest BCUT2D eigenvalue weighted by atomic mass is 9.95. The van der Waals surface area contributed by atoms with E-state index in [4.69, 9.17) is 10.9 Å². The minimum Gasteiger partial charge on any atom is -0.338 e. The first kappa shape index (κ1) is 22.4. The first-order chi connectivity index (χ1) is 13.8. The molecule has 7 nitrogen and oxygen atoms in total. The van der Waals surface area contributed by atoms with Crippen LogP contribution in [0.3, 0.4) is 0 Å². The van der Waals surface area contributed by atoms with E-state index in [1.807, 2.05) is 0 Å². The highest BCUT2D eigenvalue weighted by Gasteiger charge is 2.33. The summed E-state index contributed by atoms with van der Waals surface area (Å²) < 4.78 is 0. The highest BCUT2D eigenvalue weighted by molar-refractivity contribution is 5.97. The van der Waals surface area contributed by atoms with Gasteiger partial charge in [0, 0.05) is 16.7 Å². The van der Waals surface area contributed by atoms with E-state index in [-0.39, 0.29) is 0 Å². The molecule has 1 aliphatic rings. The third kappa shape index (κ3) is 7.24. The molecule has 1 aromatic carbocycles. The van der Waals surface area contributed by atoms with Crippen molar-refractivity contribution in [2.24, 2.45) is 5.73 Å². The van der Waals surface area contributed by atoms with Crippen LogP contribution in [0.1, 0.15) is 49.0 Å². The fraction of sp³-hybridized carbons (Fsp3) is 0.455. The van der Waals surface area contributed by atoms with Crippen molar-refractivity contribution in [1.29, 1.82) is 0 Å². The molecule has 1 fully saturated rings. The van der Waals surface area contributed by atoms with Crippen molar-refractivity contribution in [3.8, 4) is 23.7 Å². The third-order valence-electron chi connectivity index (χ3n) is 4.65. The maximum Gasteiger partial charge on any atom is 0.267 e. The second-order valence-corrected chi connectivity index (χ2v) is 7.67. The van der Waals surface area contributed by atoms with Gasteiger partial charge in [0.15, 0.2) is 0 Å². The molecule has 29 heavy (non-hydrogen) atoms. The summed E-state index contributed by atoms with van der Waals surface area (Å²) in [5.74, 6) is 10.5. The summed E-state index contributed by atoms with van der Waals surface area (Å²) in [5, 5.41) is 11.4. The van der Waals surface area contributed by atoms with Gasteiger partial charge in [0.1, 0.15) is 6.04 Å². The lowest BCUT2D eigenvalue weighted by Gasteiger charge is -2.29. The average molecular weight is 396 g/mol.